The minimum Gasteiger partial charge on any atom is -0.439 e. The van der Waals surface area contributed by atoms with Crippen LogP contribution in [0.4, 0.5) is 13.2 Å². The van der Waals surface area contributed by atoms with Crippen molar-refractivity contribution in [2.45, 2.75) is 38.0 Å². The number of nitrogens with zero attached hydrogens (tertiary/aromatic N) is 2. The standard InChI is InChI=1S/C20H24F3N3O/c21-20(22,23)10-13-26-11-8-17(9-12-26)24-14-16-6-7-19(25-15-16)27-18-4-2-1-3-5-18/h1-7,15,17,24H,8-14H2. The summed E-state index contributed by atoms with van der Waals surface area (Å²) in [6.07, 6.45) is -1.29. The summed E-state index contributed by atoms with van der Waals surface area (Å²) in [5, 5.41) is 3.47. The summed E-state index contributed by atoms with van der Waals surface area (Å²) < 4.78 is 42.5. The zero-order chi connectivity index (χ0) is 19.1. The molecule has 0 unspecified atom stereocenters. The van der Waals surface area contributed by atoms with Crippen molar-refractivity contribution >= 4 is 0 Å². The Hall–Kier alpha value is -2.12. The van der Waals surface area contributed by atoms with Gasteiger partial charge in [-0.2, -0.15) is 13.2 Å². The van der Waals surface area contributed by atoms with E-state index in [0.29, 0.717) is 31.6 Å². The van der Waals surface area contributed by atoms with Gasteiger partial charge in [-0.1, -0.05) is 24.3 Å². The summed E-state index contributed by atoms with van der Waals surface area (Å²) in [5.74, 6) is 1.29. The van der Waals surface area contributed by atoms with Crippen molar-refractivity contribution in [1.82, 2.24) is 15.2 Å². The molecule has 1 aliphatic heterocycles. The third-order valence-electron chi connectivity index (χ3n) is 4.66. The number of nitrogens with one attached hydrogen (secondary N) is 1. The Morgan fingerprint density at radius 1 is 1.07 bits per heavy atom. The van der Waals surface area contributed by atoms with Gasteiger partial charge >= 0.3 is 6.18 Å². The quantitative estimate of drug-likeness (QED) is 0.775. The van der Waals surface area contributed by atoms with E-state index in [1.807, 2.05) is 47.4 Å². The van der Waals surface area contributed by atoms with Gasteiger partial charge in [-0.15, -0.1) is 0 Å². The lowest BCUT2D eigenvalue weighted by Crippen LogP contribution is -2.43. The van der Waals surface area contributed by atoms with Crippen LogP contribution >= 0.6 is 0 Å². The molecule has 7 heteroatoms. The van der Waals surface area contributed by atoms with Gasteiger partial charge in [-0.3, -0.25) is 0 Å². The maximum atomic E-state index is 12.3. The molecule has 1 aromatic heterocycles. The average Bonchev–Trinajstić information content (AvgIpc) is 2.67. The number of para-hydroxylation sites is 1. The SMILES string of the molecule is FC(F)(F)CCN1CCC(NCc2ccc(Oc3ccccc3)nc2)CC1. The van der Waals surface area contributed by atoms with Crippen LogP contribution < -0.4 is 10.1 Å². The van der Waals surface area contributed by atoms with Crippen molar-refractivity contribution in [3.63, 3.8) is 0 Å². The van der Waals surface area contributed by atoms with E-state index in [-0.39, 0.29) is 6.54 Å². The molecule has 0 atom stereocenters. The highest BCUT2D eigenvalue weighted by Crippen LogP contribution is 2.21. The molecule has 0 saturated carbocycles. The van der Waals surface area contributed by atoms with E-state index >= 15 is 0 Å². The third kappa shape index (κ3) is 6.84. The number of rotatable bonds is 7. The van der Waals surface area contributed by atoms with Gasteiger partial charge in [0.25, 0.3) is 0 Å². The molecule has 0 bridgehead atoms. The molecule has 2 aromatic rings. The van der Waals surface area contributed by atoms with Crippen LogP contribution in [-0.2, 0) is 6.54 Å². The zero-order valence-corrected chi connectivity index (χ0v) is 15.1. The Kier molecular flexibility index (Phi) is 6.68. The van der Waals surface area contributed by atoms with Gasteiger partial charge in [0.05, 0.1) is 6.42 Å². The molecule has 146 valence electrons. The lowest BCUT2D eigenvalue weighted by atomic mass is 10.0. The van der Waals surface area contributed by atoms with E-state index in [0.717, 1.165) is 24.2 Å². The molecule has 0 amide bonds. The molecule has 1 aromatic carbocycles. The summed E-state index contributed by atoms with van der Waals surface area (Å²) in [6, 6.07) is 13.6. The van der Waals surface area contributed by atoms with Gasteiger partial charge in [0.2, 0.25) is 5.88 Å². The van der Waals surface area contributed by atoms with E-state index < -0.39 is 12.6 Å². The lowest BCUT2D eigenvalue weighted by Gasteiger charge is -2.32. The van der Waals surface area contributed by atoms with Gasteiger partial charge in [-0.25, -0.2) is 4.98 Å². The number of benzene rings is 1. The predicted octanol–water partition coefficient (Wildman–Crippen LogP) is 4.38. The van der Waals surface area contributed by atoms with Crippen LogP contribution in [-0.4, -0.2) is 41.7 Å². The second-order valence-electron chi connectivity index (χ2n) is 6.78. The number of hydrogen-bond donors (Lipinski definition) is 1. The molecule has 1 saturated heterocycles. The first kappa shape index (κ1) is 19.6. The molecule has 1 fully saturated rings. The van der Waals surface area contributed by atoms with Gasteiger partial charge < -0.3 is 15.0 Å². The van der Waals surface area contributed by atoms with Crippen molar-refractivity contribution in [3.05, 3.63) is 54.2 Å². The van der Waals surface area contributed by atoms with Crippen LogP contribution in [0.5, 0.6) is 11.6 Å². The number of pyridine rings is 1. The van der Waals surface area contributed by atoms with Gasteiger partial charge in [-0.05, 0) is 43.6 Å². The van der Waals surface area contributed by atoms with Crippen LogP contribution in [0.1, 0.15) is 24.8 Å². The fraction of sp³-hybridized carbons (Fsp3) is 0.450. The molecule has 0 radical (unpaired) electrons. The summed E-state index contributed by atoms with van der Waals surface area (Å²) in [5.41, 5.74) is 1.05. The third-order valence-corrected chi connectivity index (χ3v) is 4.66. The molecular formula is C20H24F3N3O. The number of halogens is 3. The molecule has 4 nitrogen and oxygen atoms in total. The smallest absolute Gasteiger partial charge is 0.390 e. The predicted molar refractivity (Wildman–Crippen MR) is 97.7 cm³/mol. The van der Waals surface area contributed by atoms with Crippen LogP contribution in [0.2, 0.25) is 0 Å². The first-order valence-corrected chi connectivity index (χ1v) is 9.18. The van der Waals surface area contributed by atoms with Crippen LogP contribution in [0.3, 0.4) is 0 Å². The van der Waals surface area contributed by atoms with E-state index in [1.54, 1.807) is 6.20 Å². The molecule has 1 N–H and O–H groups in total. The first-order chi connectivity index (χ1) is 13.0. The van der Waals surface area contributed by atoms with Crippen molar-refractivity contribution in [2.75, 3.05) is 19.6 Å². The second kappa shape index (κ2) is 9.19. The highest BCUT2D eigenvalue weighted by molar-refractivity contribution is 5.27. The minimum atomic E-state index is -4.07. The number of likely N-dealkylation sites (tertiary alicyclic amines) is 1. The largest absolute Gasteiger partial charge is 0.439 e. The fourth-order valence-electron chi connectivity index (χ4n) is 3.09. The zero-order valence-electron chi connectivity index (χ0n) is 15.1. The fourth-order valence-corrected chi connectivity index (χ4v) is 3.09. The van der Waals surface area contributed by atoms with E-state index in [2.05, 4.69) is 10.3 Å². The van der Waals surface area contributed by atoms with E-state index in [4.69, 9.17) is 4.74 Å². The molecule has 27 heavy (non-hydrogen) atoms. The summed E-state index contributed by atoms with van der Waals surface area (Å²) in [7, 11) is 0. The van der Waals surface area contributed by atoms with Gasteiger partial charge in [0.1, 0.15) is 5.75 Å². The average molecular weight is 379 g/mol. The number of piperidine rings is 1. The van der Waals surface area contributed by atoms with Crippen molar-refractivity contribution < 1.29 is 17.9 Å². The number of ether oxygens (including phenoxy) is 1. The van der Waals surface area contributed by atoms with Crippen molar-refractivity contribution in [1.29, 1.82) is 0 Å². The topological polar surface area (TPSA) is 37.4 Å². The lowest BCUT2D eigenvalue weighted by molar-refractivity contribution is -0.138. The molecule has 1 aliphatic rings. The van der Waals surface area contributed by atoms with Crippen LogP contribution in [0.25, 0.3) is 0 Å². The Bertz CT molecular complexity index is 684. The summed E-state index contributed by atoms with van der Waals surface area (Å²) >= 11 is 0. The second-order valence-corrected chi connectivity index (χ2v) is 6.78. The Morgan fingerprint density at radius 2 is 1.81 bits per heavy atom. The van der Waals surface area contributed by atoms with Crippen molar-refractivity contribution in [2.24, 2.45) is 0 Å². The van der Waals surface area contributed by atoms with E-state index in [1.165, 1.54) is 0 Å². The van der Waals surface area contributed by atoms with Gasteiger partial charge in [0.15, 0.2) is 0 Å². The normalized spacial score (nSPS) is 16.4. The maximum Gasteiger partial charge on any atom is 0.390 e. The number of hydrogen-bond acceptors (Lipinski definition) is 4. The van der Waals surface area contributed by atoms with Crippen molar-refractivity contribution in [3.8, 4) is 11.6 Å². The Balaban J connectivity index is 1.38. The number of aromatic nitrogens is 1. The van der Waals surface area contributed by atoms with Gasteiger partial charge in [0, 0.05) is 31.4 Å². The minimum absolute atomic E-state index is 0.100. The Morgan fingerprint density at radius 3 is 2.44 bits per heavy atom. The molecule has 0 spiro atoms. The summed E-state index contributed by atoms with van der Waals surface area (Å²) in [4.78, 5) is 6.21. The molecule has 2 heterocycles. The van der Waals surface area contributed by atoms with Crippen LogP contribution in [0.15, 0.2) is 48.7 Å². The molecule has 3 rings (SSSR count). The summed E-state index contributed by atoms with van der Waals surface area (Å²) in [6.45, 7) is 2.19. The van der Waals surface area contributed by atoms with E-state index in [9.17, 15) is 13.2 Å². The monoisotopic (exact) mass is 379 g/mol. The Labute approximate surface area is 157 Å². The number of alkyl halides is 3. The maximum absolute atomic E-state index is 12.3. The molecular weight excluding hydrogens is 355 g/mol. The molecule has 0 aliphatic carbocycles. The van der Waals surface area contributed by atoms with Crippen LogP contribution in [0, 0.1) is 0 Å². The first-order valence-electron chi connectivity index (χ1n) is 9.18. The highest BCUT2D eigenvalue weighted by Gasteiger charge is 2.28. The highest BCUT2D eigenvalue weighted by atomic mass is 19.4.